The highest BCUT2D eigenvalue weighted by Crippen LogP contribution is 2.28. The third-order valence-electron chi connectivity index (χ3n) is 5.64. The second kappa shape index (κ2) is 9.02. The lowest BCUT2D eigenvalue weighted by molar-refractivity contribution is 0.268. The van der Waals surface area contributed by atoms with Gasteiger partial charge in [0, 0.05) is 24.1 Å². The van der Waals surface area contributed by atoms with Crippen molar-refractivity contribution in [3.05, 3.63) is 94.6 Å². The highest BCUT2D eigenvalue weighted by atomic mass is 19.1. The number of fused-ring (bicyclic) bond motifs is 1. The van der Waals surface area contributed by atoms with Crippen LogP contribution in [0.2, 0.25) is 0 Å². The maximum atomic E-state index is 14.1. The molecular weight excluding hydrogens is 447 g/mol. The summed E-state index contributed by atoms with van der Waals surface area (Å²) in [6.07, 6.45) is 2.95. The van der Waals surface area contributed by atoms with Gasteiger partial charge in [-0.1, -0.05) is 47.1 Å². The van der Waals surface area contributed by atoms with E-state index < -0.39 is 5.82 Å². The molecule has 0 amide bonds. The zero-order chi connectivity index (χ0) is 24.5. The normalized spacial score (nSPS) is 13.3. The number of aromatic nitrogens is 3. The third-order valence-corrected chi connectivity index (χ3v) is 5.64. The minimum atomic E-state index is -0.529. The number of nitrogens with two attached hydrogens (primary N) is 1. The maximum Gasteiger partial charge on any atom is 0.227 e. The lowest BCUT2D eigenvalue weighted by Gasteiger charge is -2.12. The summed E-state index contributed by atoms with van der Waals surface area (Å²) in [5.41, 5.74) is 10.9. The maximum absolute atomic E-state index is 14.1. The molecule has 1 aliphatic heterocycles. The number of amidine groups is 1. The number of nitrogen functional groups attached to an aromatic ring is 1. The second-order valence-electron chi connectivity index (χ2n) is 8.22. The molecule has 2 N–H and O–H groups in total. The van der Waals surface area contributed by atoms with Crippen molar-refractivity contribution in [1.82, 2.24) is 14.8 Å². The van der Waals surface area contributed by atoms with Crippen LogP contribution in [0.3, 0.4) is 0 Å². The number of pyridine rings is 1. The number of anilines is 1. The van der Waals surface area contributed by atoms with Crippen LogP contribution >= 0.6 is 0 Å². The molecule has 0 saturated carbocycles. The average Bonchev–Trinajstić information content (AvgIpc) is 3.00. The van der Waals surface area contributed by atoms with Crippen molar-refractivity contribution >= 4 is 28.3 Å². The lowest BCUT2D eigenvalue weighted by Crippen LogP contribution is -2.10. The van der Waals surface area contributed by atoms with Gasteiger partial charge in [0.1, 0.15) is 18.7 Å². The number of aliphatic imine (C=N–C) groups is 1. The van der Waals surface area contributed by atoms with Gasteiger partial charge in [-0.2, -0.15) is 10.1 Å². The summed E-state index contributed by atoms with van der Waals surface area (Å²) in [6, 6.07) is 14.5. The van der Waals surface area contributed by atoms with Gasteiger partial charge in [0.15, 0.2) is 5.65 Å². The third kappa shape index (κ3) is 4.35. The fraction of sp³-hybridized carbons (Fsp3) is 0.154. The van der Waals surface area contributed by atoms with Crippen LogP contribution in [-0.2, 0) is 18.5 Å². The van der Waals surface area contributed by atoms with Crippen molar-refractivity contribution in [3.63, 3.8) is 0 Å². The van der Waals surface area contributed by atoms with Gasteiger partial charge in [-0.25, -0.2) is 9.38 Å². The molecule has 176 valence electrons. The first-order valence-electron chi connectivity index (χ1n) is 11.0. The van der Waals surface area contributed by atoms with Crippen LogP contribution in [0.5, 0.6) is 5.88 Å². The Morgan fingerprint density at radius 1 is 1.09 bits per heavy atom. The molecule has 0 fully saturated rings. The minimum Gasteiger partial charge on any atom is -0.472 e. The minimum absolute atomic E-state index is 0.00949. The number of halogens is 1. The van der Waals surface area contributed by atoms with Crippen molar-refractivity contribution < 1.29 is 14.0 Å². The van der Waals surface area contributed by atoms with Crippen LogP contribution in [0.4, 0.5) is 10.1 Å². The van der Waals surface area contributed by atoms with E-state index in [1.54, 1.807) is 22.9 Å². The fourth-order valence-corrected chi connectivity index (χ4v) is 3.92. The Kier molecular flexibility index (Phi) is 5.74. The van der Waals surface area contributed by atoms with E-state index in [1.165, 1.54) is 12.3 Å². The molecular formula is C26H23FN6O2. The van der Waals surface area contributed by atoms with E-state index in [2.05, 4.69) is 15.2 Å². The van der Waals surface area contributed by atoms with Crippen molar-refractivity contribution in [3.8, 4) is 5.88 Å². The molecule has 0 saturated heterocycles. The quantitative estimate of drug-likeness (QED) is 0.431. The number of aryl methyl sites for hydroxylation is 3. The van der Waals surface area contributed by atoms with E-state index in [4.69, 9.17) is 20.3 Å². The van der Waals surface area contributed by atoms with E-state index in [9.17, 15) is 4.39 Å². The summed E-state index contributed by atoms with van der Waals surface area (Å²) < 4.78 is 22.0. The standard InChI is InChI=1S/C26H23FN6O2/c1-15-6-4-7-17(12-15)14-34-26-20(13-19-16(2)31-33(3)25(19)30-26)24-29-22(10-11-35-32-24)18-8-5-9-21(27)23(18)28/h4-13H,14,28H2,1-3H3. The monoisotopic (exact) mass is 470 g/mol. The number of benzene rings is 2. The van der Waals surface area contributed by atoms with Gasteiger partial charge in [0.25, 0.3) is 0 Å². The van der Waals surface area contributed by atoms with E-state index in [1.807, 2.05) is 51.2 Å². The second-order valence-corrected chi connectivity index (χ2v) is 8.22. The summed E-state index contributed by atoms with van der Waals surface area (Å²) in [5, 5.41) is 9.45. The molecule has 4 aromatic rings. The highest BCUT2D eigenvalue weighted by Gasteiger charge is 2.21. The Hall–Kier alpha value is -4.53. The van der Waals surface area contributed by atoms with Crippen molar-refractivity contribution in [2.45, 2.75) is 20.5 Å². The van der Waals surface area contributed by atoms with Crippen molar-refractivity contribution in [1.29, 1.82) is 0 Å². The zero-order valence-electron chi connectivity index (χ0n) is 19.5. The first-order valence-corrected chi connectivity index (χ1v) is 11.0. The Morgan fingerprint density at radius 3 is 2.74 bits per heavy atom. The molecule has 0 radical (unpaired) electrons. The number of para-hydroxylation sites is 1. The molecule has 35 heavy (non-hydrogen) atoms. The van der Waals surface area contributed by atoms with Crippen LogP contribution in [0, 0.1) is 19.7 Å². The van der Waals surface area contributed by atoms with Crippen LogP contribution in [0.25, 0.3) is 11.0 Å². The van der Waals surface area contributed by atoms with E-state index >= 15 is 0 Å². The lowest BCUT2D eigenvalue weighted by atomic mass is 10.1. The molecule has 3 heterocycles. The molecule has 0 atom stereocenters. The Bertz CT molecular complexity index is 1540. The molecule has 2 aromatic heterocycles. The zero-order valence-corrected chi connectivity index (χ0v) is 19.5. The fourth-order valence-electron chi connectivity index (χ4n) is 3.92. The topological polar surface area (TPSA) is 99.9 Å². The molecule has 5 rings (SSSR count). The number of ether oxygens (including phenoxy) is 1. The van der Waals surface area contributed by atoms with Gasteiger partial charge >= 0.3 is 0 Å². The average molecular weight is 471 g/mol. The molecule has 2 aromatic carbocycles. The number of allylic oxidation sites excluding steroid dienone is 1. The Morgan fingerprint density at radius 2 is 1.91 bits per heavy atom. The largest absolute Gasteiger partial charge is 0.472 e. The molecule has 1 aliphatic rings. The van der Waals surface area contributed by atoms with Crippen LogP contribution in [-0.4, -0.2) is 26.3 Å². The Balaban J connectivity index is 1.62. The van der Waals surface area contributed by atoms with Gasteiger partial charge in [-0.3, -0.25) is 4.68 Å². The smallest absolute Gasteiger partial charge is 0.227 e. The number of nitrogens with zero attached hydrogens (tertiary/aromatic N) is 5. The molecule has 9 heteroatoms. The summed E-state index contributed by atoms with van der Waals surface area (Å²) in [5.74, 6) is 0.00521. The summed E-state index contributed by atoms with van der Waals surface area (Å²) >= 11 is 0. The summed E-state index contributed by atoms with van der Waals surface area (Å²) in [7, 11) is 1.82. The SMILES string of the molecule is Cc1cccc(COc2nc3c(cc2C2=NOC=CC(c4cccc(F)c4N)=N2)c(C)nn3C)c1. The van der Waals surface area contributed by atoms with Crippen molar-refractivity contribution in [2.75, 3.05) is 5.73 Å². The van der Waals surface area contributed by atoms with Crippen molar-refractivity contribution in [2.24, 2.45) is 17.2 Å². The molecule has 0 bridgehead atoms. The molecule has 0 aliphatic carbocycles. The van der Waals surface area contributed by atoms with Gasteiger partial charge in [-0.15, -0.1) is 0 Å². The first kappa shape index (κ1) is 22.3. The van der Waals surface area contributed by atoms with Crippen LogP contribution in [0.15, 0.2) is 71.0 Å². The van der Waals surface area contributed by atoms with Crippen LogP contribution < -0.4 is 10.5 Å². The molecule has 0 unspecified atom stereocenters. The number of hydrogen-bond acceptors (Lipinski definition) is 7. The van der Waals surface area contributed by atoms with E-state index in [0.29, 0.717) is 35.0 Å². The van der Waals surface area contributed by atoms with Gasteiger partial charge in [-0.05, 0) is 31.5 Å². The summed E-state index contributed by atoms with van der Waals surface area (Å²) in [4.78, 5) is 14.7. The predicted octanol–water partition coefficient (Wildman–Crippen LogP) is 4.58. The summed E-state index contributed by atoms with van der Waals surface area (Å²) in [6.45, 7) is 4.22. The number of oxime groups is 1. The first-order chi connectivity index (χ1) is 16.9. The highest BCUT2D eigenvalue weighted by molar-refractivity contribution is 6.19. The van der Waals surface area contributed by atoms with Gasteiger partial charge in [0.05, 0.1) is 22.7 Å². The van der Waals surface area contributed by atoms with Crippen LogP contribution in [0.1, 0.15) is 27.9 Å². The van der Waals surface area contributed by atoms with Gasteiger partial charge < -0.3 is 15.3 Å². The number of hydrogen-bond donors (Lipinski definition) is 1. The molecule has 8 nitrogen and oxygen atoms in total. The van der Waals surface area contributed by atoms with Gasteiger partial charge in [0.2, 0.25) is 11.7 Å². The van der Waals surface area contributed by atoms with E-state index in [0.717, 1.165) is 22.2 Å². The number of rotatable bonds is 5. The Labute approximate surface area is 201 Å². The molecule has 0 spiro atoms. The van der Waals surface area contributed by atoms with E-state index in [-0.39, 0.29) is 11.5 Å². The predicted molar refractivity (Wildman–Crippen MR) is 133 cm³/mol.